The summed E-state index contributed by atoms with van der Waals surface area (Å²) < 4.78 is 0. The molecule has 5 rings (SSSR count). The second kappa shape index (κ2) is 9.67. The van der Waals surface area contributed by atoms with E-state index in [1.54, 1.807) is 51.2 Å². The van der Waals surface area contributed by atoms with Gasteiger partial charge in [0.25, 0.3) is 5.91 Å². The van der Waals surface area contributed by atoms with Gasteiger partial charge < -0.3 is 26.2 Å². The molecule has 0 atom stereocenters. The molecule has 0 saturated carbocycles. The molecule has 0 aliphatic carbocycles. The van der Waals surface area contributed by atoms with E-state index in [1.807, 2.05) is 30.3 Å². The summed E-state index contributed by atoms with van der Waals surface area (Å²) in [7, 11) is 1.68. The molecule has 0 aromatic heterocycles. The Labute approximate surface area is 220 Å². The fourth-order valence-electron chi connectivity index (χ4n) is 4.48. The van der Waals surface area contributed by atoms with Crippen LogP contribution in [0.4, 0.5) is 17.1 Å². The molecule has 0 bridgehead atoms. The molecule has 2 heterocycles. The highest BCUT2D eigenvalue weighted by Crippen LogP contribution is 2.39. The van der Waals surface area contributed by atoms with Crippen LogP contribution in [0, 0.1) is 11.3 Å². The SMILES string of the molecule is CN(C(=O)C(C)(C)N)c1ccc(N/C(=C2\C(=O)Nc3cc(C#N)ccc32)c2ccc3c(c2)OOCC3)cc1. The smallest absolute Gasteiger partial charge is 0.258 e. The highest BCUT2D eigenvalue weighted by molar-refractivity contribution is 6.37. The lowest BCUT2D eigenvalue weighted by molar-refractivity contribution is -0.215. The van der Waals surface area contributed by atoms with Crippen LogP contribution >= 0.6 is 0 Å². The number of nitrogens with zero attached hydrogens (tertiary/aromatic N) is 2. The molecule has 4 N–H and O–H groups in total. The summed E-state index contributed by atoms with van der Waals surface area (Å²) in [6, 6.07) is 20.2. The lowest BCUT2D eigenvalue weighted by atomic mass is 9.97. The Balaban J connectivity index is 1.57. The molecule has 0 unspecified atom stereocenters. The van der Waals surface area contributed by atoms with Gasteiger partial charge >= 0.3 is 0 Å². The average Bonchev–Trinajstić information content (AvgIpc) is 3.24. The fraction of sp³-hybridized carbons (Fsp3) is 0.207. The predicted octanol–water partition coefficient (Wildman–Crippen LogP) is 4.06. The van der Waals surface area contributed by atoms with Crippen molar-refractivity contribution in [1.29, 1.82) is 5.26 Å². The van der Waals surface area contributed by atoms with Crippen molar-refractivity contribution >= 4 is 40.1 Å². The predicted molar refractivity (Wildman–Crippen MR) is 145 cm³/mol. The van der Waals surface area contributed by atoms with Crippen molar-refractivity contribution in [3.05, 3.63) is 82.9 Å². The van der Waals surface area contributed by atoms with E-state index in [2.05, 4.69) is 16.7 Å². The molecule has 9 nitrogen and oxygen atoms in total. The number of hydrogen-bond donors (Lipinski definition) is 3. The summed E-state index contributed by atoms with van der Waals surface area (Å²) in [5, 5.41) is 15.6. The van der Waals surface area contributed by atoms with Gasteiger partial charge in [-0.25, -0.2) is 0 Å². The standard InChI is InChI=1S/C29H27N5O4/c1-29(2,31)28(36)34(3)21-9-7-20(8-10-21)32-26(19-6-5-18-12-13-37-38-24(18)15-19)25-22-11-4-17(16-30)14-23(22)33-27(25)35/h4-11,14-15,32H,12-13,31H2,1-3H3,(H,33,35)/b26-25-. The molecule has 192 valence electrons. The van der Waals surface area contributed by atoms with Crippen molar-refractivity contribution in [3.8, 4) is 11.8 Å². The van der Waals surface area contributed by atoms with Crippen molar-refractivity contribution in [2.24, 2.45) is 5.73 Å². The van der Waals surface area contributed by atoms with Crippen LogP contribution in [0.3, 0.4) is 0 Å². The maximum Gasteiger partial charge on any atom is 0.258 e. The maximum atomic E-state index is 13.2. The Morgan fingerprint density at radius 1 is 1.13 bits per heavy atom. The number of rotatable bonds is 5. The van der Waals surface area contributed by atoms with E-state index in [4.69, 9.17) is 15.5 Å². The van der Waals surface area contributed by atoms with Crippen molar-refractivity contribution in [2.75, 3.05) is 29.2 Å². The number of nitrogens with two attached hydrogens (primary N) is 1. The molecular weight excluding hydrogens is 482 g/mol. The van der Waals surface area contributed by atoms with E-state index in [0.29, 0.717) is 51.8 Å². The second-order valence-electron chi connectivity index (χ2n) is 9.81. The Morgan fingerprint density at radius 3 is 2.61 bits per heavy atom. The number of amides is 2. The van der Waals surface area contributed by atoms with E-state index in [9.17, 15) is 14.9 Å². The molecule has 9 heteroatoms. The van der Waals surface area contributed by atoms with Crippen molar-refractivity contribution < 1.29 is 19.4 Å². The summed E-state index contributed by atoms with van der Waals surface area (Å²) >= 11 is 0. The van der Waals surface area contributed by atoms with Gasteiger partial charge in [-0.3, -0.25) is 9.59 Å². The summed E-state index contributed by atoms with van der Waals surface area (Å²) in [4.78, 5) is 37.9. The van der Waals surface area contributed by atoms with Crippen LogP contribution in [0.15, 0.2) is 60.7 Å². The number of anilines is 3. The molecular formula is C29H27N5O4. The third-order valence-electron chi connectivity index (χ3n) is 6.48. The van der Waals surface area contributed by atoms with Gasteiger partial charge in [-0.05, 0) is 56.3 Å². The Bertz CT molecular complexity index is 1510. The first-order valence-electron chi connectivity index (χ1n) is 12.1. The van der Waals surface area contributed by atoms with E-state index in [0.717, 1.165) is 17.5 Å². The first kappa shape index (κ1) is 25.0. The van der Waals surface area contributed by atoms with E-state index in [-0.39, 0.29) is 11.8 Å². The second-order valence-corrected chi connectivity index (χ2v) is 9.81. The zero-order valence-corrected chi connectivity index (χ0v) is 21.3. The minimum atomic E-state index is -1.00. The van der Waals surface area contributed by atoms with Crippen LogP contribution in [0.2, 0.25) is 0 Å². The highest BCUT2D eigenvalue weighted by Gasteiger charge is 2.30. The number of benzene rings is 3. The van der Waals surface area contributed by atoms with Gasteiger partial charge in [-0.2, -0.15) is 10.1 Å². The molecule has 2 aliphatic rings. The number of fused-ring (bicyclic) bond motifs is 2. The Kier molecular flexibility index (Phi) is 6.36. The molecule has 3 aromatic carbocycles. The van der Waals surface area contributed by atoms with Crippen LogP contribution in [-0.2, 0) is 20.9 Å². The average molecular weight is 510 g/mol. The number of nitriles is 1. The molecule has 2 aliphatic heterocycles. The number of nitrogens with one attached hydrogen (secondary N) is 2. The Hall–Kier alpha value is -4.65. The lowest BCUT2D eigenvalue weighted by Gasteiger charge is -2.26. The third-order valence-corrected chi connectivity index (χ3v) is 6.48. The molecule has 0 radical (unpaired) electrons. The summed E-state index contributed by atoms with van der Waals surface area (Å²) in [6.45, 7) is 3.80. The van der Waals surface area contributed by atoms with Gasteiger partial charge in [0.05, 0.1) is 40.7 Å². The molecule has 38 heavy (non-hydrogen) atoms. The number of hydrogen-bond acceptors (Lipinski definition) is 7. The van der Waals surface area contributed by atoms with Crippen molar-refractivity contribution in [2.45, 2.75) is 25.8 Å². The summed E-state index contributed by atoms with van der Waals surface area (Å²) in [6.07, 6.45) is 0.725. The number of carbonyl (C=O) groups is 2. The van der Waals surface area contributed by atoms with Crippen molar-refractivity contribution in [1.82, 2.24) is 0 Å². The monoisotopic (exact) mass is 509 g/mol. The molecule has 0 spiro atoms. The molecule has 0 saturated heterocycles. The van der Waals surface area contributed by atoms with Gasteiger partial charge in [0.2, 0.25) is 5.91 Å². The highest BCUT2D eigenvalue weighted by atomic mass is 17.2. The van der Waals surface area contributed by atoms with Crippen LogP contribution < -0.4 is 26.2 Å². The minimum Gasteiger partial charge on any atom is -0.354 e. The fourth-order valence-corrected chi connectivity index (χ4v) is 4.48. The number of likely N-dealkylation sites (N-methyl/N-ethyl adjacent to an activating group) is 1. The van der Waals surface area contributed by atoms with E-state index in [1.165, 1.54) is 4.90 Å². The Morgan fingerprint density at radius 2 is 1.89 bits per heavy atom. The topological polar surface area (TPSA) is 130 Å². The van der Waals surface area contributed by atoms with E-state index >= 15 is 0 Å². The van der Waals surface area contributed by atoms with Crippen LogP contribution in [0.5, 0.6) is 5.75 Å². The quantitative estimate of drug-likeness (QED) is 0.349. The van der Waals surface area contributed by atoms with Crippen LogP contribution in [-0.4, -0.2) is 31.0 Å². The normalized spacial score (nSPS) is 15.4. The lowest BCUT2D eigenvalue weighted by Crippen LogP contribution is -2.49. The summed E-state index contributed by atoms with van der Waals surface area (Å²) in [5.74, 6) is 0.0832. The first-order valence-corrected chi connectivity index (χ1v) is 12.1. The zero-order valence-electron chi connectivity index (χ0n) is 21.3. The molecule has 3 aromatic rings. The largest absolute Gasteiger partial charge is 0.354 e. The molecule has 2 amide bonds. The minimum absolute atomic E-state index is 0.215. The van der Waals surface area contributed by atoms with Gasteiger partial charge in [0.15, 0.2) is 5.75 Å². The van der Waals surface area contributed by atoms with Gasteiger partial charge in [-0.15, -0.1) is 0 Å². The van der Waals surface area contributed by atoms with Crippen LogP contribution in [0.25, 0.3) is 11.3 Å². The van der Waals surface area contributed by atoms with Gasteiger partial charge in [0, 0.05) is 41.5 Å². The van der Waals surface area contributed by atoms with Crippen molar-refractivity contribution in [3.63, 3.8) is 0 Å². The first-order chi connectivity index (χ1) is 18.2. The maximum absolute atomic E-state index is 13.2. The zero-order chi connectivity index (χ0) is 27.0. The third kappa shape index (κ3) is 4.70. The van der Waals surface area contributed by atoms with Gasteiger partial charge in [0.1, 0.15) is 0 Å². The van der Waals surface area contributed by atoms with E-state index < -0.39 is 5.54 Å². The summed E-state index contributed by atoms with van der Waals surface area (Å²) in [5.41, 5.74) is 10.8. The number of carbonyl (C=O) groups excluding carboxylic acids is 2. The molecule has 0 fully saturated rings. The van der Waals surface area contributed by atoms with Crippen LogP contribution in [0.1, 0.15) is 36.1 Å². The van der Waals surface area contributed by atoms with Gasteiger partial charge in [-0.1, -0.05) is 18.2 Å².